The van der Waals surface area contributed by atoms with Crippen LogP contribution in [-0.2, 0) is 14.8 Å². The van der Waals surface area contributed by atoms with Crippen molar-refractivity contribution in [2.45, 2.75) is 0 Å². The van der Waals surface area contributed by atoms with Gasteiger partial charge in [-0.2, -0.15) is 0 Å². The van der Waals surface area contributed by atoms with Crippen molar-refractivity contribution in [1.29, 1.82) is 0 Å². The number of hydrogen-bond donors (Lipinski definition) is 1. The van der Waals surface area contributed by atoms with Gasteiger partial charge in [-0.1, -0.05) is 42.5 Å². The van der Waals surface area contributed by atoms with Gasteiger partial charge >= 0.3 is 0 Å². The number of nitrogens with zero attached hydrogens (tertiary/aromatic N) is 1. The predicted octanol–water partition coefficient (Wildman–Crippen LogP) is 2.89. The topological polar surface area (TPSA) is 66.5 Å². The average molecular weight is 388 g/mol. The fourth-order valence-electron chi connectivity index (χ4n) is 2.11. The van der Waals surface area contributed by atoms with Gasteiger partial charge in [0.15, 0.2) is 0 Å². The Morgan fingerprint density at radius 1 is 1.04 bits per heavy atom. The summed E-state index contributed by atoms with van der Waals surface area (Å²) in [5.74, 6) is -0.623. The lowest BCUT2D eigenvalue weighted by molar-refractivity contribution is -0.124. The van der Waals surface area contributed by atoms with Crippen molar-refractivity contribution < 1.29 is 17.6 Å². The monoisotopic (exact) mass is 388 g/mol. The lowest BCUT2D eigenvalue weighted by atomic mass is 10.2. The zero-order valence-electron chi connectivity index (χ0n) is 14.9. The quantitative estimate of drug-likeness (QED) is 0.707. The molecule has 2 aromatic carbocycles. The van der Waals surface area contributed by atoms with Crippen LogP contribution >= 0.6 is 0 Å². The number of rotatable bonds is 8. The number of hydrogen-bond acceptors (Lipinski definition) is 3. The highest BCUT2D eigenvalue weighted by atomic mass is 32.2. The second kappa shape index (κ2) is 9.80. The number of carbonyl (C=O) groups excluding carboxylic acids is 1. The van der Waals surface area contributed by atoms with Crippen molar-refractivity contribution in [3.63, 3.8) is 0 Å². The molecule has 0 bridgehead atoms. The van der Waals surface area contributed by atoms with Gasteiger partial charge in [0.25, 0.3) is 0 Å². The molecule has 0 aliphatic heterocycles. The second-order valence-electron chi connectivity index (χ2n) is 5.80. The molecule has 0 radical (unpaired) electrons. The molecule has 0 atom stereocenters. The minimum Gasteiger partial charge on any atom is -0.341 e. The van der Waals surface area contributed by atoms with E-state index >= 15 is 0 Å². The first-order valence-electron chi connectivity index (χ1n) is 8.27. The normalized spacial score (nSPS) is 11.9. The maximum atomic E-state index is 12.8. The molecule has 0 unspecified atom stereocenters. The van der Waals surface area contributed by atoms with Gasteiger partial charge in [-0.3, -0.25) is 4.79 Å². The van der Waals surface area contributed by atoms with Crippen molar-refractivity contribution in [1.82, 2.24) is 9.62 Å². The highest BCUT2D eigenvalue weighted by Gasteiger charge is 2.08. The molecule has 0 aliphatic rings. The molecule has 0 aromatic heterocycles. The third-order valence-electron chi connectivity index (χ3n) is 3.65. The Kier molecular flexibility index (Phi) is 7.45. The number of nitrogens with one attached hydrogen (secondary N) is 1. The summed E-state index contributed by atoms with van der Waals surface area (Å²) in [6, 6.07) is 14.8. The van der Waals surface area contributed by atoms with Gasteiger partial charge in [0.05, 0.1) is 0 Å². The van der Waals surface area contributed by atoms with E-state index in [0.29, 0.717) is 5.56 Å². The Morgan fingerprint density at radius 3 is 2.33 bits per heavy atom. The predicted molar refractivity (Wildman–Crippen MR) is 105 cm³/mol. The van der Waals surface area contributed by atoms with E-state index in [2.05, 4.69) is 4.72 Å². The molecule has 0 saturated heterocycles. The van der Waals surface area contributed by atoms with E-state index in [1.54, 1.807) is 37.4 Å². The van der Waals surface area contributed by atoms with Crippen LogP contribution in [0.3, 0.4) is 0 Å². The van der Waals surface area contributed by atoms with Crippen LogP contribution in [0.4, 0.5) is 4.39 Å². The first-order valence-corrected chi connectivity index (χ1v) is 9.82. The Balaban J connectivity index is 1.80. The average Bonchev–Trinajstić information content (AvgIpc) is 2.66. The molecule has 5 nitrogen and oxygen atoms in total. The lowest BCUT2D eigenvalue weighted by Gasteiger charge is -2.15. The molecule has 0 fully saturated rings. The minimum absolute atomic E-state index is 0.0914. The maximum absolute atomic E-state index is 12.8. The Morgan fingerprint density at radius 2 is 1.67 bits per heavy atom. The summed E-state index contributed by atoms with van der Waals surface area (Å²) in [5.41, 5.74) is 1.48. The first-order chi connectivity index (χ1) is 12.9. The fraction of sp³-hybridized carbons (Fsp3) is 0.150. The largest absolute Gasteiger partial charge is 0.341 e. The Labute approximate surface area is 158 Å². The molecule has 2 aromatic rings. The molecule has 2 rings (SSSR count). The highest BCUT2D eigenvalue weighted by molar-refractivity contribution is 7.92. The summed E-state index contributed by atoms with van der Waals surface area (Å²) in [4.78, 5) is 13.4. The molecule has 1 N–H and O–H groups in total. The van der Waals surface area contributed by atoms with Crippen LogP contribution < -0.4 is 4.72 Å². The number of halogens is 1. The van der Waals surface area contributed by atoms with Crippen LogP contribution in [-0.4, -0.2) is 39.4 Å². The van der Waals surface area contributed by atoms with Crippen LogP contribution in [0.1, 0.15) is 11.1 Å². The summed E-state index contributed by atoms with van der Waals surface area (Å²) < 4.78 is 39.2. The van der Waals surface area contributed by atoms with Crippen LogP contribution in [0, 0.1) is 5.82 Å². The molecule has 7 heteroatoms. The van der Waals surface area contributed by atoms with Gasteiger partial charge in [-0.05, 0) is 35.4 Å². The fourth-order valence-corrected chi connectivity index (χ4v) is 2.92. The molecular weight excluding hydrogens is 367 g/mol. The number of sulfonamides is 1. The van der Waals surface area contributed by atoms with Crippen molar-refractivity contribution in [2.75, 3.05) is 20.1 Å². The summed E-state index contributed by atoms with van der Waals surface area (Å²) in [6.07, 6.45) is 4.44. The molecule has 27 heavy (non-hydrogen) atoms. The van der Waals surface area contributed by atoms with Gasteiger partial charge in [0.1, 0.15) is 5.82 Å². The van der Waals surface area contributed by atoms with E-state index < -0.39 is 10.0 Å². The van der Waals surface area contributed by atoms with Crippen molar-refractivity contribution in [2.24, 2.45) is 0 Å². The second-order valence-corrected chi connectivity index (χ2v) is 7.45. The smallest absolute Gasteiger partial charge is 0.246 e. The van der Waals surface area contributed by atoms with Crippen LogP contribution in [0.2, 0.25) is 0 Å². The van der Waals surface area contributed by atoms with Crippen molar-refractivity contribution >= 4 is 28.1 Å². The molecule has 0 aliphatic carbocycles. The van der Waals surface area contributed by atoms with Gasteiger partial charge in [0.2, 0.25) is 15.9 Å². The maximum Gasteiger partial charge on any atom is 0.246 e. The van der Waals surface area contributed by atoms with E-state index in [9.17, 15) is 17.6 Å². The third kappa shape index (κ3) is 7.55. The number of benzene rings is 2. The minimum atomic E-state index is -3.58. The van der Waals surface area contributed by atoms with Crippen molar-refractivity contribution in [3.8, 4) is 0 Å². The van der Waals surface area contributed by atoms with Gasteiger partial charge in [-0.15, -0.1) is 0 Å². The Bertz CT molecular complexity index is 908. The third-order valence-corrected chi connectivity index (χ3v) is 4.76. The molecule has 142 valence electrons. The van der Waals surface area contributed by atoms with E-state index in [1.165, 1.54) is 29.2 Å². The van der Waals surface area contributed by atoms with E-state index in [4.69, 9.17) is 0 Å². The molecule has 0 heterocycles. The Hall–Kier alpha value is -2.77. The van der Waals surface area contributed by atoms with Gasteiger partial charge < -0.3 is 4.90 Å². The molecule has 0 saturated carbocycles. The van der Waals surface area contributed by atoms with Gasteiger partial charge in [0, 0.05) is 31.6 Å². The zero-order valence-corrected chi connectivity index (χ0v) is 15.7. The molecule has 0 spiro atoms. The summed E-state index contributed by atoms with van der Waals surface area (Å²) in [5, 5.41) is 1.10. The van der Waals surface area contributed by atoms with Gasteiger partial charge in [-0.25, -0.2) is 17.5 Å². The van der Waals surface area contributed by atoms with Crippen LogP contribution in [0.15, 0.2) is 66.1 Å². The van der Waals surface area contributed by atoms with E-state index in [0.717, 1.165) is 11.0 Å². The summed E-state index contributed by atoms with van der Waals surface area (Å²) in [7, 11) is -2.01. The van der Waals surface area contributed by atoms with E-state index in [1.807, 2.05) is 18.2 Å². The first kappa shape index (κ1) is 20.5. The number of likely N-dealkylation sites (N-methyl/N-ethyl adjacent to an activating group) is 1. The summed E-state index contributed by atoms with van der Waals surface area (Å²) >= 11 is 0. The molecule has 1 amide bonds. The standard InChI is InChI=1S/C20H21FN2O3S/c1-23(20(24)12-9-18-7-10-19(21)11-8-18)15-14-22-27(25,26)16-13-17-5-3-2-4-6-17/h2-13,16,22H,14-15H2,1H3/b12-9?,16-13+. The summed E-state index contributed by atoms with van der Waals surface area (Å²) in [6.45, 7) is 0.305. The van der Waals surface area contributed by atoms with Crippen molar-refractivity contribution in [3.05, 3.63) is 83.0 Å². The molecular formula is C20H21FN2O3S. The number of amides is 1. The zero-order chi connectivity index (χ0) is 19.7. The van der Waals surface area contributed by atoms with Crippen LogP contribution in [0.5, 0.6) is 0 Å². The lowest BCUT2D eigenvalue weighted by Crippen LogP contribution is -2.34. The van der Waals surface area contributed by atoms with E-state index in [-0.39, 0.29) is 24.8 Å². The number of carbonyl (C=O) groups is 1. The highest BCUT2D eigenvalue weighted by Crippen LogP contribution is 2.05. The SMILES string of the molecule is CN(CCNS(=O)(=O)/C=C/c1ccccc1)C(=O)C=Cc1ccc(F)cc1. The van der Waals surface area contributed by atoms with Crippen LogP contribution in [0.25, 0.3) is 12.2 Å².